The van der Waals surface area contributed by atoms with Crippen LogP contribution in [0.25, 0.3) is 0 Å². The number of nitroso groups, excluding NO2 is 1. The number of nitrogens with zero attached hydrogens (tertiary/aromatic N) is 3. The third-order valence-electron chi connectivity index (χ3n) is 4.34. The first-order valence-electron chi connectivity index (χ1n) is 9.14. The summed E-state index contributed by atoms with van der Waals surface area (Å²) in [5, 5.41) is 14.2. The topological polar surface area (TPSA) is 89.6 Å². The zero-order chi connectivity index (χ0) is 20.3. The van der Waals surface area contributed by atoms with E-state index in [2.05, 4.69) is 26.8 Å². The quantitative estimate of drug-likeness (QED) is 0.518. The Balaban J connectivity index is 1.72. The van der Waals surface area contributed by atoms with Crippen molar-refractivity contribution in [3.63, 3.8) is 0 Å². The molecule has 0 aliphatic rings. The van der Waals surface area contributed by atoms with Crippen LogP contribution in [0.5, 0.6) is 5.75 Å². The van der Waals surface area contributed by atoms with E-state index in [-0.39, 0.29) is 12.5 Å². The van der Waals surface area contributed by atoms with Gasteiger partial charge in [0.1, 0.15) is 11.4 Å². The van der Waals surface area contributed by atoms with Crippen molar-refractivity contribution < 1.29 is 9.15 Å². The lowest BCUT2D eigenvalue weighted by atomic mass is 9.99. The zero-order valence-electron chi connectivity index (χ0n) is 16.7. The predicted octanol–water partition coefficient (Wildman–Crippen LogP) is 5.84. The zero-order valence-corrected chi connectivity index (χ0v) is 16.7. The summed E-state index contributed by atoms with van der Waals surface area (Å²) in [6.45, 7) is 10.1. The van der Waals surface area contributed by atoms with Crippen LogP contribution in [0.3, 0.4) is 0 Å². The Morgan fingerprint density at radius 3 is 2.43 bits per heavy atom. The molecule has 28 heavy (non-hydrogen) atoms. The summed E-state index contributed by atoms with van der Waals surface area (Å²) in [5.41, 5.74) is 5.29. The van der Waals surface area contributed by atoms with E-state index in [1.807, 2.05) is 52.8 Å². The Morgan fingerprint density at radius 1 is 1.07 bits per heavy atom. The third-order valence-corrected chi connectivity index (χ3v) is 4.34. The maximum absolute atomic E-state index is 11.0. The van der Waals surface area contributed by atoms with Gasteiger partial charge in [-0.25, -0.2) is 0 Å². The highest BCUT2D eigenvalue weighted by Crippen LogP contribution is 2.34. The van der Waals surface area contributed by atoms with Crippen LogP contribution < -0.4 is 10.1 Å². The maximum atomic E-state index is 11.0. The van der Waals surface area contributed by atoms with Crippen molar-refractivity contribution in [1.29, 1.82) is 0 Å². The normalized spacial score (nSPS) is 10.9. The minimum absolute atomic E-state index is 0.133. The fourth-order valence-corrected chi connectivity index (χ4v) is 3.03. The number of benzene rings is 2. The minimum atomic E-state index is 0.133. The SMILES string of the molecule is Cc1cc(C)cc(Nc2nnc(COc3cc(C)c(N=O)cc3C(C)C)o2)c1. The molecule has 3 rings (SSSR count). The average molecular weight is 380 g/mol. The Morgan fingerprint density at radius 2 is 1.79 bits per heavy atom. The molecule has 0 aliphatic heterocycles. The molecular weight excluding hydrogens is 356 g/mol. The van der Waals surface area contributed by atoms with Crippen molar-refractivity contribution in [2.75, 3.05) is 5.32 Å². The van der Waals surface area contributed by atoms with Crippen molar-refractivity contribution >= 4 is 17.4 Å². The second-order valence-corrected chi connectivity index (χ2v) is 7.21. The minimum Gasteiger partial charge on any atom is -0.483 e. The first-order valence-corrected chi connectivity index (χ1v) is 9.14. The largest absolute Gasteiger partial charge is 0.483 e. The van der Waals surface area contributed by atoms with Crippen molar-refractivity contribution in [3.05, 3.63) is 63.4 Å². The highest BCUT2D eigenvalue weighted by atomic mass is 16.5. The van der Waals surface area contributed by atoms with E-state index in [0.717, 1.165) is 27.9 Å². The lowest BCUT2D eigenvalue weighted by molar-refractivity contribution is 0.261. The molecule has 0 fully saturated rings. The molecule has 0 spiro atoms. The Bertz CT molecular complexity index is 975. The van der Waals surface area contributed by atoms with Gasteiger partial charge in [0, 0.05) is 5.69 Å². The number of rotatable bonds is 7. The molecule has 0 amide bonds. The fraction of sp³-hybridized carbons (Fsp3) is 0.333. The fourth-order valence-electron chi connectivity index (χ4n) is 3.03. The van der Waals surface area contributed by atoms with Crippen LogP contribution in [-0.2, 0) is 6.61 Å². The first kappa shape index (κ1) is 19.5. The van der Waals surface area contributed by atoms with E-state index < -0.39 is 0 Å². The van der Waals surface area contributed by atoms with Crippen LogP contribution in [0, 0.1) is 25.7 Å². The number of ether oxygens (including phenoxy) is 1. The van der Waals surface area contributed by atoms with Gasteiger partial charge in [0.15, 0.2) is 6.61 Å². The molecule has 0 saturated carbocycles. The van der Waals surface area contributed by atoms with Crippen molar-refractivity contribution in [1.82, 2.24) is 10.2 Å². The molecule has 1 aromatic heterocycles. The third kappa shape index (κ3) is 4.54. The molecule has 0 radical (unpaired) electrons. The van der Waals surface area contributed by atoms with Gasteiger partial charge in [0.25, 0.3) is 5.89 Å². The molecule has 3 aromatic rings. The van der Waals surface area contributed by atoms with Crippen molar-refractivity contribution in [2.24, 2.45) is 5.18 Å². The van der Waals surface area contributed by atoms with Crippen LogP contribution in [0.15, 0.2) is 39.9 Å². The van der Waals surface area contributed by atoms with E-state index in [9.17, 15) is 4.91 Å². The Labute approximate surface area is 164 Å². The summed E-state index contributed by atoms with van der Waals surface area (Å²) in [5.74, 6) is 1.22. The number of hydrogen-bond acceptors (Lipinski definition) is 7. The lowest BCUT2D eigenvalue weighted by Crippen LogP contribution is -2.01. The summed E-state index contributed by atoms with van der Waals surface area (Å²) >= 11 is 0. The second-order valence-electron chi connectivity index (χ2n) is 7.21. The van der Waals surface area contributed by atoms with E-state index in [0.29, 0.717) is 23.3 Å². The van der Waals surface area contributed by atoms with Crippen molar-refractivity contribution in [3.8, 4) is 5.75 Å². The molecule has 146 valence electrons. The molecule has 7 nitrogen and oxygen atoms in total. The van der Waals surface area contributed by atoms with Gasteiger partial charge in [-0.3, -0.25) is 0 Å². The lowest BCUT2D eigenvalue weighted by Gasteiger charge is -2.14. The highest BCUT2D eigenvalue weighted by Gasteiger charge is 2.14. The summed E-state index contributed by atoms with van der Waals surface area (Å²) in [7, 11) is 0. The molecule has 0 atom stereocenters. The molecule has 2 aromatic carbocycles. The van der Waals surface area contributed by atoms with E-state index in [1.165, 1.54) is 0 Å². The standard InChI is InChI=1S/C21H24N4O3/c1-12(2)17-10-18(25-26)15(5)9-19(17)27-11-20-23-24-21(28-20)22-16-7-13(3)6-14(4)8-16/h6-10,12H,11H2,1-5H3,(H,22,24). The molecule has 0 aliphatic carbocycles. The van der Waals surface area contributed by atoms with Crippen molar-refractivity contribution in [2.45, 2.75) is 47.1 Å². The molecular formula is C21H24N4O3. The second kappa shape index (κ2) is 8.21. The van der Waals surface area contributed by atoms with E-state index in [1.54, 1.807) is 6.07 Å². The van der Waals surface area contributed by atoms with E-state index in [4.69, 9.17) is 9.15 Å². The Kier molecular flexibility index (Phi) is 5.73. The molecule has 7 heteroatoms. The predicted molar refractivity (Wildman–Crippen MR) is 109 cm³/mol. The smallest absolute Gasteiger partial charge is 0.320 e. The monoisotopic (exact) mass is 380 g/mol. The van der Waals surface area contributed by atoms with Gasteiger partial charge < -0.3 is 14.5 Å². The van der Waals surface area contributed by atoms with Crippen LogP contribution in [-0.4, -0.2) is 10.2 Å². The van der Waals surface area contributed by atoms with Gasteiger partial charge in [-0.2, -0.15) is 0 Å². The first-order chi connectivity index (χ1) is 13.4. The highest BCUT2D eigenvalue weighted by molar-refractivity contribution is 5.55. The van der Waals surface area contributed by atoms with Crippen LogP contribution in [0.2, 0.25) is 0 Å². The van der Waals surface area contributed by atoms with Gasteiger partial charge in [-0.1, -0.05) is 25.0 Å². The van der Waals surface area contributed by atoms with Crippen LogP contribution in [0.1, 0.15) is 47.9 Å². The average Bonchev–Trinajstić information content (AvgIpc) is 3.06. The van der Waals surface area contributed by atoms with Gasteiger partial charge >= 0.3 is 6.01 Å². The van der Waals surface area contributed by atoms with Gasteiger partial charge in [-0.15, -0.1) is 10.0 Å². The summed E-state index contributed by atoms with van der Waals surface area (Å²) in [4.78, 5) is 11.0. The number of hydrogen-bond donors (Lipinski definition) is 1. The number of nitrogens with one attached hydrogen (secondary N) is 1. The summed E-state index contributed by atoms with van der Waals surface area (Å²) in [6, 6.07) is 10.0. The summed E-state index contributed by atoms with van der Waals surface area (Å²) in [6.07, 6.45) is 0. The molecule has 0 saturated heterocycles. The molecule has 1 N–H and O–H groups in total. The number of anilines is 2. The number of aromatic nitrogens is 2. The van der Waals surface area contributed by atoms with Crippen LogP contribution in [0.4, 0.5) is 17.4 Å². The number of aryl methyl sites for hydroxylation is 3. The Hall–Kier alpha value is -3.22. The molecule has 0 bridgehead atoms. The molecule has 0 unspecified atom stereocenters. The summed E-state index contributed by atoms with van der Waals surface area (Å²) < 4.78 is 11.5. The van der Waals surface area contributed by atoms with Gasteiger partial charge in [0.2, 0.25) is 0 Å². The maximum Gasteiger partial charge on any atom is 0.320 e. The molecule has 1 heterocycles. The van der Waals surface area contributed by atoms with E-state index >= 15 is 0 Å². The van der Waals surface area contributed by atoms with Crippen LogP contribution >= 0.6 is 0 Å². The van der Waals surface area contributed by atoms with Gasteiger partial charge in [-0.05, 0) is 78.4 Å². The van der Waals surface area contributed by atoms with Gasteiger partial charge in [0.05, 0.1) is 0 Å².